The predicted molar refractivity (Wildman–Crippen MR) is 79.0 cm³/mol. The Labute approximate surface area is 131 Å². The second-order valence-corrected chi connectivity index (χ2v) is 5.18. The summed E-state index contributed by atoms with van der Waals surface area (Å²) in [6.45, 7) is 7.23. The number of carboxylic acids is 1. The van der Waals surface area contributed by atoms with Crippen molar-refractivity contribution in [2.24, 2.45) is 0 Å². The number of carbonyl (C=O) groups is 1. The molecule has 1 N–H and O–H groups in total. The largest absolute Gasteiger partial charge is 0.478 e. The maximum absolute atomic E-state index is 11.0. The van der Waals surface area contributed by atoms with Gasteiger partial charge in [0.05, 0.1) is 59.5 Å². The van der Waals surface area contributed by atoms with E-state index < -0.39 is 11.6 Å². The SMILES string of the molecule is CC(=CC1(C)COCCOCCOCCOCCO1)C(=O)O. The van der Waals surface area contributed by atoms with Crippen molar-refractivity contribution in [3.05, 3.63) is 11.6 Å². The molecule has 1 rings (SSSR count). The first kappa shape index (κ1) is 19.1. The topological polar surface area (TPSA) is 83.5 Å². The van der Waals surface area contributed by atoms with Gasteiger partial charge < -0.3 is 28.8 Å². The Kier molecular flexibility index (Phi) is 9.26. The van der Waals surface area contributed by atoms with Crippen LogP contribution in [-0.4, -0.2) is 76.1 Å². The van der Waals surface area contributed by atoms with E-state index in [-0.39, 0.29) is 12.2 Å². The first-order valence-corrected chi connectivity index (χ1v) is 7.41. The molecule has 1 aliphatic rings. The zero-order valence-electron chi connectivity index (χ0n) is 13.3. The molecule has 0 radical (unpaired) electrons. The Morgan fingerprint density at radius 3 is 1.86 bits per heavy atom. The van der Waals surface area contributed by atoms with Crippen LogP contribution in [0.3, 0.4) is 0 Å². The van der Waals surface area contributed by atoms with Gasteiger partial charge in [0.1, 0.15) is 5.60 Å². The van der Waals surface area contributed by atoms with Gasteiger partial charge in [-0.05, 0) is 19.9 Å². The zero-order valence-corrected chi connectivity index (χ0v) is 13.3. The lowest BCUT2D eigenvalue weighted by molar-refractivity contribution is -0.133. The maximum atomic E-state index is 11.0. The fourth-order valence-corrected chi connectivity index (χ4v) is 1.91. The molecule has 1 heterocycles. The molecule has 0 aromatic heterocycles. The molecule has 1 saturated heterocycles. The van der Waals surface area contributed by atoms with Crippen molar-refractivity contribution in [2.75, 3.05) is 59.5 Å². The number of hydrogen-bond donors (Lipinski definition) is 1. The van der Waals surface area contributed by atoms with Crippen LogP contribution >= 0.6 is 0 Å². The molecule has 0 amide bonds. The highest BCUT2D eigenvalue weighted by Crippen LogP contribution is 2.16. The lowest BCUT2D eigenvalue weighted by atomic mass is 10.0. The van der Waals surface area contributed by atoms with E-state index in [4.69, 9.17) is 28.8 Å². The summed E-state index contributed by atoms with van der Waals surface area (Å²) in [6, 6.07) is 0. The van der Waals surface area contributed by atoms with Gasteiger partial charge in [-0.15, -0.1) is 0 Å². The number of ether oxygens (including phenoxy) is 5. The lowest BCUT2D eigenvalue weighted by Gasteiger charge is -2.27. The van der Waals surface area contributed by atoms with Gasteiger partial charge in [-0.25, -0.2) is 4.79 Å². The van der Waals surface area contributed by atoms with E-state index in [0.717, 1.165) is 0 Å². The second-order valence-electron chi connectivity index (χ2n) is 5.18. The van der Waals surface area contributed by atoms with Crippen LogP contribution in [0, 0.1) is 0 Å². The molecule has 0 aromatic rings. The van der Waals surface area contributed by atoms with Crippen molar-refractivity contribution in [1.82, 2.24) is 0 Å². The van der Waals surface area contributed by atoms with Crippen molar-refractivity contribution in [3.63, 3.8) is 0 Å². The third-order valence-corrected chi connectivity index (χ3v) is 3.02. The van der Waals surface area contributed by atoms with E-state index >= 15 is 0 Å². The summed E-state index contributed by atoms with van der Waals surface area (Å²) < 4.78 is 27.4. The second kappa shape index (κ2) is 10.7. The standard InChI is InChI=1S/C15H26O7/c1-13(14(16)17)11-15(2)12-21-8-7-19-4-3-18-5-6-20-9-10-22-15/h11H,3-10,12H2,1-2H3,(H,16,17). The fourth-order valence-electron chi connectivity index (χ4n) is 1.91. The molecular weight excluding hydrogens is 292 g/mol. The average molecular weight is 318 g/mol. The first-order valence-electron chi connectivity index (χ1n) is 7.41. The van der Waals surface area contributed by atoms with Crippen LogP contribution in [0.25, 0.3) is 0 Å². The van der Waals surface area contributed by atoms with Crippen molar-refractivity contribution in [1.29, 1.82) is 0 Å². The van der Waals surface area contributed by atoms with Crippen LogP contribution in [-0.2, 0) is 28.5 Å². The average Bonchev–Trinajstić information content (AvgIpc) is 2.47. The van der Waals surface area contributed by atoms with E-state index in [2.05, 4.69) is 0 Å². The molecule has 7 nitrogen and oxygen atoms in total. The molecule has 22 heavy (non-hydrogen) atoms. The van der Waals surface area contributed by atoms with E-state index in [1.165, 1.54) is 6.92 Å². The Morgan fingerprint density at radius 2 is 1.36 bits per heavy atom. The minimum Gasteiger partial charge on any atom is -0.478 e. The summed E-state index contributed by atoms with van der Waals surface area (Å²) in [5.74, 6) is -0.975. The predicted octanol–water partition coefficient (Wildman–Crippen LogP) is 0.873. The molecule has 1 unspecified atom stereocenters. The molecular formula is C15H26O7. The summed E-state index contributed by atoms with van der Waals surface area (Å²) in [4.78, 5) is 11.0. The van der Waals surface area contributed by atoms with Crippen LogP contribution in [0.4, 0.5) is 0 Å². The molecule has 0 spiro atoms. The number of aliphatic carboxylic acids is 1. The fraction of sp³-hybridized carbons (Fsp3) is 0.800. The van der Waals surface area contributed by atoms with Crippen molar-refractivity contribution >= 4 is 5.97 Å². The quantitative estimate of drug-likeness (QED) is 0.756. The normalized spacial score (nSPS) is 27.6. The monoisotopic (exact) mass is 318 g/mol. The van der Waals surface area contributed by atoms with Gasteiger partial charge in [0.2, 0.25) is 0 Å². The van der Waals surface area contributed by atoms with Gasteiger partial charge in [0, 0.05) is 5.57 Å². The van der Waals surface area contributed by atoms with Crippen molar-refractivity contribution in [3.8, 4) is 0 Å². The molecule has 0 saturated carbocycles. The Balaban J connectivity index is 2.58. The molecule has 128 valence electrons. The summed E-state index contributed by atoms with van der Waals surface area (Å²) in [5.41, 5.74) is -0.600. The summed E-state index contributed by atoms with van der Waals surface area (Å²) in [5, 5.41) is 9.01. The van der Waals surface area contributed by atoms with E-state index in [1.807, 2.05) is 0 Å². The smallest absolute Gasteiger partial charge is 0.331 e. The van der Waals surface area contributed by atoms with Gasteiger partial charge in [-0.2, -0.15) is 0 Å². The van der Waals surface area contributed by atoms with E-state index in [0.29, 0.717) is 52.9 Å². The van der Waals surface area contributed by atoms with E-state index in [9.17, 15) is 4.79 Å². The van der Waals surface area contributed by atoms with Crippen molar-refractivity contribution < 1.29 is 33.6 Å². The highest BCUT2D eigenvalue weighted by Gasteiger charge is 2.24. The Morgan fingerprint density at radius 1 is 0.909 bits per heavy atom. The lowest BCUT2D eigenvalue weighted by Crippen LogP contribution is -2.35. The van der Waals surface area contributed by atoms with Gasteiger partial charge in [0.25, 0.3) is 0 Å². The van der Waals surface area contributed by atoms with Gasteiger partial charge in [0.15, 0.2) is 0 Å². The number of hydrogen-bond acceptors (Lipinski definition) is 6. The van der Waals surface area contributed by atoms with Crippen LogP contribution in [0.15, 0.2) is 11.6 Å². The summed E-state index contributed by atoms with van der Waals surface area (Å²) in [7, 11) is 0. The van der Waals surface area contributed by atoms with Gasteiger partial charge in [-0.3, -0.25) is 0 Å². The van der Waals surface area contributed by atoms with Crippen LogP contribution in [0.2, 0.25) is 0 Å². The van der Waals surface area contributed by atoms with Crippen LogP contribution in [0.5, 0.6) is 0 Å². The number of rotatable bonds is 2. The minimum absolute atomic E-state index is 0.217. The third kappa shape index (κ3) is 8.45. The first-order chi connectivity index (χ1) is 10.5. The van der Waals surface area contributed by atoms with Gasteiger partial charge in [-0.1, -0.05) is 0 Å². The third-order valence-electron chi connectivity index (χ3n) is 3.02. The van der Waals surface area contributed by atoms with Gasteiger partial charge >= 0.3 is 5.97 Å². The zero-order chi connectivity index (χ0) is 16.3. The van der Waals surface area contributed by atoms with Crippen LogP contribution < -0.4 is 0 Å². The van der Waals surface area contributed by atoms with E-state index in [1.54, 1.807) is 13.0 Å². The Hall–Kier alpha value is -0.990. The molecule has 1 fully saturated rings. The van der Waals surface area contributed by atoms with Crippen LogP contribution in [0.1, 0.15) is 13.8 Å². The summed E-state index contributed by atoms with van der Waals surface area (Å²) >= 11 is 0. The summed E-state index contributed by atoms with van der Waals surface area (Å²) in [6.07, 6.45) is 1.57. The highest BCUT2D eigenvalue weighted by atomic mass is 16.6. The maximum Gasteiger partial charge on any atom is 0.331 e. The Bertz CT molecular complexity index is 338. The molecule has 0 bridgehead atoms. The van der Waals surface area contributed by atoms with Crippen molar-refractivity contribution in [2.45, 2.75) is 19.4 Å². The minimum atomic E-state index is -0.975. The molecule has 7 heteroatoms. The molecule has 1 atom stereocenters. The highest BCUT2D eigenvalue weighted by molar-refractivity contribution is 5.86. The molecule has 0 aromatic carbocycles. The molecule has 1 aliphatic heterocycles. The molecule has 0 aliphatic carbocycles. The number of carboxylic acid groups (broad SMARTS) is 1.